The summed E-state index contributed by atoms with van der Waals surface area (Å²) in [6.07, 6.45) is 2.23. The van der Waals surface area contributed by atoms with Gasteiger partial charge < -0.3 is 4.74 Å². The summed E-state index contributed by atoms with van der Waals surface area (Å²) in [5, 5.41) is 0. The second-order valence-electron chi connectivity index (χ2n) is 4.70. The lowest BCUT2D eigenvalue weighted by molar-refractivity contribution is 0.0813. The van der Waals surface area contributed by atoms with Gasteiger partial charge in [-0.25, -0.2) is 0 Å². The van der Waals surface area contributed by atoms with Crippen LogP contribution in [0.2, 0.25) is 4.34 Å². The number of likely N-dealkylation sites (tertiary alicyclic amines) is 1. The van der Waals surface area contributed by atoms with E-state index in [1.54, 1.807) is 13.2 Å². The Morgan fingerprint density at radius 3 is 2.78 bits per heavy atom. The molecule has 18 heavy (non-hydrogen) atoms. The van der Waals surface area contributed by atoms with E-state index in [1.165, 1.54) is 11.3 Å². The third-order valence-electron chi connectivity index (χ3n) is 3.32. The monoisotopic (exact) mass is 287 g/mol. The number of ketones is 1. The highest BCUT2D eigenvalue weighted by atomic mass is 35.5. The predicted octanol–water partition coefficient (Wildman–Crippen LogP) is 2.94. The molecule has 0 unspecified atom stereocenters. The van der Waals surface area contributed by atoms with Crippen LogP contribution in [-0.4, -0.2) is 44.0 Å². The minimum Gasteiger partial charge on any atom is -0.384 e. The van der Waals surface area contributed by atoms with E-state index in [1.807, 2.05) is 6.07 Å². The Morgan fingerprint density at radius 1 is 1.50 bits per heavy atom. The molecule has 0 saturated carbocycles. The molecule has 5 heteroatoms. The van der Waals surface area contributed by atoms with Gasteiger partial charge in [0.05, 0.1) is 15.8 Å². The zero-order valence-corrected chi connectivity index (χ0v) is 12.1. The van der Waals surface area contributed by atoms with Crippen molar-refractivity contribution in [2.75, 3.05) is 33.4 Å². The molecule has 0 radical (unpaired) electrons. The summed E-state index contributed by atoms with van der Waals surface area (Å²) in [5.41, 5.74) is 0. The number of carbonyl (C=O) groups excluding carboxylic acids is 1. The van der Waals surface area contributed by atoms with Crippen LogP contribution in [0.15, 0.2) is 12.1 Å². The van der Waals surface area contributed by atoms with Gasteiger partial charge in [-0.15, -0.1) is 11.3 Å². The number of rotatable bonds is 5. The van der Waals surface area contributed by atoms with E-state index < -0.39 is 0 Å². The summed E-state index contributed by atoms with van der Waals surface area (Å²) in [5.74, 6) is 0.828. The third kappa shape index (κ3) is 3.79. The Hall–Kier alpha value is -0.420. The van der Waals surface area contributed by atoms with E-state index in [9.17, 15) is 4.79 Å². The van der Waals surface area contributed by atoms with Crippen LogP contribution in [-0.2, 0) is 4.74 Å². The van der Waals surface area contributed by atoms with Gasteiger partial charge in [0.15, 0.2) is 5.78 Å². The van der Waals surface area contributed by atoms with Crippen molar-refractivity contribution in [2.45, 2.75) is 12.8 Å². The summed E-state index contributed by atoms with van der Waals surface area (Å²) in [7, 11) is 1.75. The first-order chi connectivity index (χ1) is 8.69. The highest BCUT2D eigenvalue weighted by Gasteiger charge is 2.21. The number of Topliss-reactive ketones (excluding diaryl/α,β-unsaturated/α-hetero) is 1. The van der Waals surface area contributed by atoms with Gasteiger partial charge >= 0.3 is 0 Å². The first-order valence-corrected chi connectivity index (χ1v) is 7.38. The minimum absolute atomic E-state index is 0.178. The van der Waals surface area contributed by atoms with Gasteiger partial charge in [0.2, 0.25) is 0 Å². The van der Waals surface area contributed by atoms with E-state index in [4.69, 9.17) is 16.3 Å². The van der Waals surface area contributed by atoms with E-state index in [0.717, 1.165) is 37.4 Å². The Labute approximate surface area is 117 Å². The molecular formula is C13H18ClNO2S. The zero-order valence-electron chi connectivity index (χ0n) is 10.5. The molecule has 0 bridgehead atoms. The molecule has 0 amide bonds. The van der Waals surface area contributed by atoms with Crippen molar-refractivity contribution in [1.82, 2.24) is 4.90 Å². The molecule has 2 rings (SSSR count). The minimum atomic E-state index is 0.178. The summed E-state index contributed by atoms with van der Waals surface area (Å²) in [6, 6.07) is 3.59. The van der Waals surface area contributed by atoms with Crippen LogP contribution >= 0.6 is 22.9 Å². The lowest BCUT2D eigenvalue weighted by Crippen LogP contribution is -2.38. The highest BCUT2D eigenvalue weighted by molar-refractivity contribution is 7.18. The summed E-state index contributed by atoms with van der Waals surface area (Å²) >= 11 is 7.20. The van der Waals surface area contributed by atoms with Crippen LogP contribution < -0.4 is 0 Å². The SMILES string of the molecule is COCC1CCN(CC(=O)c2ccc(Cl)s2)CC1. The Bertz CT molecular complexity index is 399. The van der Waals surface area contributed by atoms with Crippen molar-refractivity contribution >= 4 is 28.7 Å². The van der Waals surface area contributed by atoms with Crippen LogP contribution in [0.25, 0.3) is 0 Å². The average molecular weight is 288 g/mol. The number of hydrogen-bond donors (Lipinski definition) is 0. The molecule has 0 atom stereocenters. The maximum absolute atomic E-state index is 12.0. The van der Waals surface area contributed by atoms with E-state index in [2.05, 4.69) is 4.90 Å². The van der Waals surface area contributed by atoms with Gasteiger partial charge in [-0.1, -0.05) is 11.6 Å². The molecule has 1 aliphatic heterocycles. The van der Waals surface area contributed by atoms with Crippen molar-refractivity contribution in [3.8, 4) is 0 Å². The number of hydrogen-bond acceptors (Lipinski definition) is 4. The maximum Gasteiger partial charge on any atom is 0.186 e. The number of carbonyl (C=O) groups is 1. The van der Waals surface area contributed by atoms with Gasteiger partial charge in [0.25, 0.3) is 0 Å². The molecule has 100 valence electrons. The Morgan fingerprint density at radius 2 is 2.22 bits per heavy atom. The fourth-order valence-corrected chi connectivity index (χ4v) is 3.27. The maximum atomic E-state index is 12.0. The highest BCUT2D eigenvalue weighted by Crippen LogP contribution is 2.23. The number of halogens is 1. The third-order valence-corrected chi connectivity index (χ3v) is 4.60. The molecule has 0 spiro atoms. The normalized spacial score (nSPS) is 18.1. The van der Waals surface area contributed by atoms with Crippen molar-refractivity contribution in [3.05, 3.63) is 21.3 Å². The van der Waals surface area contributed by atoms with Gasteiger partial charge in [-0.2, -0.15) is 0 Å². The summed E-state index contributed by atoms with van der Waals surface area (Å²) in [4.78, 5) is 15.0. The number of thiophene rings is 1. The lowest BCUT2D eigenvalue weighted by Gasteiger charge is -2.30. The second-order valence-corrected chi connectivity index (χ2v) is 6.42. The number of piperidine rings is 1. The summed E-state index contributed by atoms with van der Waals surface area (Å²) in [6.45, 7) is 3.32. The molecule has 0 aromatic carbocycles. The van der Waals surface area contributed by atoms with Crippen molar-refractivity contribution in [2.24, 2.45) is 5.92 Å². The van der Waals surface area contributed by atoms with Crippen molar-refractivity contribution in [3.63, 3.8) is 0 Å². The molecule has 1 saturated heterocycles. The lowest BCUT2D eigenvalue weighted by atomic mass is 9.97. The van der Waals surface area contributed by atoms with Gasteiger partial charge in [-0.05, 0) is 44.0 Å². The molecule has 2 heterocycles. The van der Waals surface area contributed by atoms with Gasteiger partial charge in [0.1, 0.15) is 0 Å². The number of nitrogens with zero attached hydrogens (tertiary/aromatic N) is 1. The average Bonchev–Trinajstić information content (AvgIpc) is 2.79. The van der Waals surface area contributed by atoms with Crippen LogP contribution in [0.1, 0.15) is 22.5 Å². The first kappa shape index (κ1) is 14.0. The standard InChI is InChI=1S/C13H18ClNO2S/c1-17-9-10-4-6-15(7-5-10)8-11(16)12-2-3-13(14)18-12/h2-3,10H,4-9H2,1H3. The van der Waals surface area contributed by atoms with Crippen LogP contribution in [0.4, 0.5) is 0 Å². The molecule has 1 aliphatic rings. The van der Waals surface area contributed by atoms with Crippen molar-refractivity contribution < 1.29 is 9.53 Å². The van der Waals surface area contributed by atoms with Crippen LogP contribution in [0.5, 0.6) is 0 Å². The molecule has 3 nitrogen and oxygen atoms in total. The quantitative estimate of drug-likeness (QED) is 0.780. The zero-order chi connectivity index (χ0) is 13.0. The van der Waals surface area contributed by atoms with Crippen LogP contribution in [0, 0.1) is 5.92 Å². The Balaban J connectivity index is 1.79. The van der Waals surface area contributed by atoms with Crippen molar-refractivity contribution in [1.29, 1.82) is 0 Å². The molecule has 1 aromatic rings. The smallest absolute Gasteiger partial charge is 0.186 e. The molecule has 0 N–H and O–H groups in total. The van der Waals surface area contributed by atoms with Gasteiger partial charge in [0, 0.05) is 13.7 Å². The second kappa shape index (κ2) is 6.66. The Kier molecular flexibility index (Phi) is 5.18. The van der Waals surface area contributed by atoms with E-state index in [-0.39, 0.29) is 5.78 Å². The van der Waals surface area contributed by atoms with E-state index >= 15 is 0 Å². The number of ether oxygens (including phenoxy) is 1. The topological polar surface area (TPSA) is 29.5 Å². The molecule has 1 fully saturated rings. The van der Waals surface area contributed by atoms with E-state index in [0.29, 0.717) is 16.8 Å². The molecule has 0 aliphatic carbocycles. The fourth-order valence-electron chi connectivity index (χ4n) is 2.29. The van der Waals surface area contributed by atoms with Crippen LogP contribution in [0.3, 0.4) is 0 Å². The largest absolute Gasteiger partial charge is 0.384 e. The molecule has 1 aromatic heterocycles. The summed E-state index contributed by atoms with van der Waals surface area (Å²) < 4.78 is 5.85. The fraction of sp³-hybridized carbons (Fsp3) is 0.615. The van der Waals surface area contributed by atoms with Gasteiger partial charge in [-0.3, -0.25) is 9.69 Å². The molecular weight excluding hydrogens is 270 g/mol. The first-order valence-electron chi connectivity index (χ1n) is 6.19. The number of methoxy groups -OCH3 is 1. The predicted molar refractivity (Wildman–Crippen MR) is 74.7 cm³/mol.